The maximum atomic E-state index is 11.2. The molecule has 0 fully saturated rings. The summed E-state index contributed by atoms with van der Waals surface area (Å²) in [4.78, 5) is 15.7. The summed E-state index contributed by atoms with van der Waals surface area (Å²) in [6.45, 7) is 2.19. The summed E-state index contributed by atoms with van der Waals surface area (Å²) in [5, 5.41) is 9.49. The van der Waals surface area contributed by atoms with Crippen LogP contribution in [0, 0.1) is 5.92 Å². The zero-order valence-electron chi connectivity index (χ0n) is 14.5. The Morgan fingerprint density at radius 2 is 1.96 bits per heavy atom. The van der Waals surface area contributed by atoms with E-state index in [9.17, 15) is 9.90 Å². The number of carbonyl (C=O) groups excluding carboxylic acids is 1. The van der Waals surface area contributed by atoms with E-state index >= 15 is 0 Å². The molecule has 1 N–H and O–H groups in total. The van der Waals surface area contributed by atoms with E-state index in [-0.39, 0.29) is 29.2 Å². The largest absolute Gasteiger partial charge is 0.508 e. The van der Waals surface area contributed by atoms with Crippen LogP contribution >= 0.6 is 25.0 Å². The molecule has 1 atom stereocenters. The van der Waals surface area contributed by atoms with Crippen molar-refractivity contribution in [2.24, 2.45) is 13.0 Å². The highest BCUT2D eigenvalue weighted by Gasteiger charge is 2.11. The van der Waals surface area contributed by atoms with Crippen molar-refractivity contribution < 1.29 is 14.6 Å². The molecule has 2 aromatic carbocycles. The highest BCUT2D eigenvalue weighted by molar-refractivity contribution is 7.96. The van der Waals surface area contributed by atoms with Crippen molar-refractivity contribution in [2.45, 2.75) is 20.0 Å². The van der Waals surface area contributed by atoms with Crippen LogP contribution in [0.15, 0.2) is 42.5 Å². The van der Waals surface area contributed by atoms with E-state index in [1.807, 2.05) is 42.8 Å². The van der Waals surface area contributed by atoms with Gasteiger partial charge < -0.3 is 14.4 Å². The van der Waals surface area contributed by atoms with Gasteiger partial charge in [-0.2, -0.15) is 0 Å². The predicted octanol–water partition coefficient (Wildman–Crippen LogP) is 3.91. The Hall–Kier alpha value is -2.18. The minimum atomic E-state index is -0.105. The summed E-state index contributed by atoms with van der Waals surface area (Å²) in [6.07, 6.45) is 0.664. The Bertz CT molecular complexity index is 909. The molecule has 0 aliphatic heterocycles. The number of hydrogen-bond donors (Lipinski definition) is 2. The number of phenols is 1. The lowest BCUT2D eigenvalue weighted by molar-refractivity contribution is -0.113. The lowest BCUT2D eigenvalue weighted by atomic mass is 10.0. The van der Waals surface area contributed by atoms with E-state index in [1.54, 1.807) is 18.2 Å². The molecular formula is C19H21ClN2O3S. The van der Waals surface area contributed by atoms with Crippen LogP contribution in [-0.4, -0.2) is 19.8 Å². The second-order valence-corrected chi connectivity index (χ2v) is 6.58. The summed E-state index contributed by atoms with van der Waals surface area (Å²) in [5.41, 5.74) is 2.75. The van der Waals surface area contributed by atoms with Gasteiger partial charge in [0.15, 0.2) is 5.12 Å². The Balaban J connectivity index is 0.00000243. The van der Waals surface area contributed by atoms with Gasteiger partial charge in [0, 0.05) is 19.0 Å². The lowest BCUT2D eigenvalue weighted by Crippen LogP contribution is -2.07. The molecule has 0 amide bonds. The van der Waals surface area contributed by atoms with Crippen LogP contribution in [0.1, 0.15) is 18.3 Å². The van der Waals surface area contributed by atoms with Crippen LogP contribution in [0.4, 0.5) is 0 Å². The first-order chi connectivity index (χ1) is 11.9. The van der Waals surface area contributed by atoms with Gasteiger partial charge in [-0.1, -0.05) is 19.1 Å². The standard InChI is InChI=1S/C19H20N2O3S.ClH/c1-12(19(23)25)9-13-3-6-15(7-4-13)24-11-18-20-16-8-5-14(22)10-17(16)21(18)2;/h3-8,10,12,22H,9,11H2,1-2H3,(H,23,25);1H. The van der Waals surface area contributed by atoms with Crippen LogP contribution < -0.4 is 4.74 Å². The number of fused-ring (bicyclic) bond motifs is 1. The number of hydrogen-bond acceptors (Lipinski definition) is 4. The van der Waals surface area contributed by atoms with Crippen molar-refractivity contribution in [2.75, 3.05) is 0 Å². The monoisotopic (exact) mass is 392 g/mol. The van der Waals surface area contributed by atoms with Gasteiger partial charge in [0.25, 0.3) is 0 Å². The van der Waals surface area contributed by atoms with Crippen molar-refractivity contribution >= 4 is 41.2 Å². The second-order valence-electron chi connectivity index (χ2n) is 6.14. The number of ether oxygens (including phenoxy) is 1. The maximum Gasteiger partial charge on any atom is 0.189 e. The second kappa shape index (κ2) is 8.47. The number of imidazole rings is 1. The van der Waals surface area contributed by atoms with Crippen LogP contribution in [-0.2, 0) is 24.9 Å². The van der Waals surface area contributed by atoms with Crippen molar-refractivity contribution in [3.63, 3.8) is 0 Å². The van der Waals surface area contributed by atoms with Crippen molar-refractivity contribution in [3.8, 4) is 11.5 Å². The lowest BCUT2D eigenvalue weighted by Gasteiger charge is -2.09. The average molecular weight is 393 g/mol. The van der Waals surface area contributed by atoms with Crippen LogP contribution in [0.5, 0.6) is 11.5 Å². The van der Waals surface area contributed by atoms with E-state index < -0.39 is 0 Å². The molecule has 26 heavy (non-hydrogen) atoms. The van der Waals surface area contributed by atoms with Gasteiger partial charge >= 0.3 is 0 Å². The van der Waals surface area contributed by atoms with E-state index in [1.165, 1.54) is 0 Å². The van der Waals surface area contributed by atoms with Crippen molar-refractivity contribution in [1.82, 2.24) is 9.55 Å². The fourth-order valence-corrected chi connectivity index (χ4v) is 2.76. The number of aryl methyl sites for hydroxylation is 1. The smallest absolute Gasteiger partial charge is 0.189 e. The number of thiol groups is 1. The van der Waals surface area contributed by atoms with Crippen LogP contribution in [0.25, 0.3) is 11.0 Å². The average Bonchev–Trinajstić information content (AvgIpc) is 2.90. The molecule has 5 nitrogen and oxygen atoms in total. The topological polar surface area (TPSA) is 64.3 Å². The van der Waals surface area contributed by atoms with Crippen LogP contribution in [0.3, 0.4) is 0 Å². The zero-order valence-corrected chi connectivity index (χ0v) is 16.3. The molecule has 0 radical (unpaired) electrons. The zero-order chi connectivity index (χ0) is 18.0. The number of halogens is 1. The molecule has 1 aromatic heterocycles. The maximum absolute atomic E-state index is 11.2. The molecule has 0 saturated heterocycles. The molecule has 1 unspecified atom stereocenters. The SMILES string of the molecule is CC(Cc1ccc(OCc2nc3ccc(O)cc3n2C)cc1)C(=O)S.Cl. The molecule has 3 aromatic rings. The highest BCUT2D eigenvalue weighted by Crippen LogP contribution is 2.22. The number of rotatable bonds is 6. The van der Waals surface area contributed by atoms with Crippen LogP contribution in [0.2, 0.25) is 0 Å². The predicted molar refractivity (Wildman–Crippen MR) is 107 cm³/mol. The number of aromatic nitrogens is 2. The molecule has 1 heterocycles. The number of carbonyl (C=O) groups is 1. The third-order valence-corrected chi connectivity index (χ3v) is 4.65. The molecule has 7 heteroatoms. The first-order valence-electron chi connectivity index (χ1n) is 8.03. The molecule has 0 bridgehead atoms. The summed E-state index contributed by atoms with van der Waals surface area (Å²) in [6, 6.07) is 12.8. The molecule has 0 aliphatic carbocycles. The van der Waals surface area contributed by atoms with Crippen molar-refractivity contribution in [1.29, 1.82) is 0 Å². The normalized spacial score (nSPS) is 11.8. The minimum absolute atomic E-state index is 0. The van der Waals surface area contributed by atoms with Gasteiger partial charge in [-0.15, -0.1) is 25.0 Å². The Morgan fingerprint density at radius 1 is 1.27 bits per heavy atom. The first-order valence-corrected chi connectivity index (χ1v) is 8.47. The third-order valence-electron chi connectivity index (χ3n) is 4.21. The quantitative estimate of drug-likeness (QED) is 0.624. The summed E-state index contributed by atoms with van der Waals surface area (Å²) >= 11 is 3.87. The molecule has 0 spiro atoms. The fourth-order valence-electron chi connectivity index (χ4n) is 2.67. The van der Waals surface area contributed by atoms with Gasteiger partial charge in [0.1, 0.15) is 23.9 Å². The van der Waals surface area contributed by atoms with Gasteiger partial charge in [0.2, 0.25) is 0 Å². The summed E-state index contributed by atoms with van der Waals surface area (Å²) < 4.78 is 7.72. The number of benzene rings is 2. The summed E-state index contributed by atoms with van der Waals surface area (Å²) in [5.74, 6) is 1.63. The first kappa shape index (κ1) is 20.1. The van der Waals surface area contributed by atoms with Gasteiger partial charge in [0.05, 0.1) is 11.0 Å². The number of phenolic OH excluding ortho intramolecular Hbond substituents is 1. The molecule has 0 saturated carbocycles. The van der Waals surface area contributed by atoms with Gasteiger partial charge in [-0.25, -0.2) is 4.98 Å². The Kier molecular flexibility index (Phi) is 6.56. The minimum Gasteiger partial charge on any atom is -0.508 e. The Morgan fingerprint density at radius 3 is 2.62 bits per heavy atom. The highest BCUT2D eigenvalue weighted by atomic mass is 35.5. The third kappa shape index (κ3) is 4.51. The van der Waals surface area contributed by atoms with E-state index in [0.717, 1.165) is 28.2 Å². The van der Waals surface area contributed by atoms with E-state index in [0.29, 0.717) is 13.0 Å². The fraction of sp³-hybridized carbons (Fsp3) is 0.263. The number of aromatic hydroxyl groups is 1. The van der Waals surface area contributed by atoms with E-state index in [2.05, 4.69) is 17.6 Å². The molecular weight excluding hydrogens is 372 g/mol. The van der Waals surface area contributed by atoms with Crippen molar-refractivity contribution in [3.05, 3.63) is 53.9 Å². The molecule has 0 aliphatic rings. The molecule has 3 rings (SSSR count). The van der Waals surface area contributed by atoms with Gasteiger partial charge in [-0.3, -0.25) is 4.79 Å². The number of nitrogens with zero attached hydrogens (tertiary/aromatic N) is 2. The summed E-state index contributed by atoms with van der Waals surface area (Å²) in [7, 11) is 1.90. The molecule has 138 valence electrons. The Labute approximate surface area is 163 Å². The van der Waals surface area contributed by atoms with Gasteiger partial charge in [-0.05, 0) is 36.2 Å². The van der Waals surface area contributed by atoms with E-state index in [4.69, 9.17) is 4.74 Å².